The normalized spacial score (nSPS) is 21.4. The van der Waals surface area contributed by atoms with E-state index >= 15 is 0 Å². The summed E-state index contributed by atoms with van der Waals surface area (Å²) in [7, 11) is -3.69. The summed E-state index contributed by atoms with van der Waals surface area (Å²) in [6.07, 6.45) is -0.171. The summed E-state index contributed by atoms with van der Waals surface area (Å²) in [5, 5.41) is 8.76. The Labute approximate surface area is 106 Å². The van der Waals surface area contributed by atoms with E-state index < -0.39 is 16.2 Å². The predicted molar refractivity (Wildman–Crippen MR) is 64.0 cm³/mol. The molecular formula is C12H13FN2O2S. The smallest absolute Gasteiger partial charge is 0.243 e. The van der Waals surface area contributed by atoms with E-state index in [1.807, 2.05) is 6.07 Å². The first-order chi connectivity index (χ1) is 8.54. The topological polar surface area (TPSA) is 61.2 Å². The van der Waals surface area contributed by atoms with Crippen LogP contribution < -0.4 is 0 Å². The van der Waals surface area contributed by atoms with Crippen molar-refractivity contribution in [1.82, 2.24) is 4.31 Å². The molecule has 1 aliphatic heterocycles. The Morgan fingerprint density at radius 2 is 2.22 bits per heavy atom. The van der Waals surface area contributed by atoms with Crippen LogP contribution in [-0.2, 0) is 10.0 Å². The highest BCUT2D eigenvalue weighted by Crippen LogP contribution is 2.22. The third kappa shape index (κ3) is 2.52. The standard InChI is InChI=1S/C12H13FN2O2S/c13-11-4-2-6-15(9-11)18(16,17)12-5-1-3-10(7-12)8-14/h1,3,5,7,11H,2,4,6,9H2/t11-/m1/s1. The summed E-state index contributed by atoms with van der Waals surface area (Å²) >= 11 is 0. The highest BCUT2D eigenvalue weighted by atomic mass is 32.2. The lowest BCUT2D eigenvalue weighted by Gasteiger charge is -2.28. The van der Waals surface area contributed by atoms with Gasteiger partial charge in [-0.1, -0.05) is 6.07 Å². The number of nitrogens with zero attached hydrogens (tertiary/aromatic N) is 2. The molecule has 0 aliphatic carbocycles. The van der Waals surface area contributed by atoms with Crippen molar-refractivity contribution >= 4 is 10.0 Å². The Morgan fingerprint density at radius 3 is 2.89 bits per heavy atom. The Kier molecular flexibility index (Phi) is 3.64. The van der Waals surface area contributed by atoms with Crippen LogP contribution in [0.1, 0.15) is 18.4 Å². The molecule has 1 atom stereocenters. The quantitative estimate of drug-likeness (QED) is 0.820. The van der Waals surface area contributed by atoms with Crippen LogP contribution in [0.2, 0.25) is 0 Å². The molecule has 0 unspecified atom stereocenters. The molecule has 4 nitrogen and oxygen atoms in total. The molecule has 1 aromatic rings. The summed E-state index contributed by atoms with van der Waals surface area (Å²) in [4.78, 5) is 0.0515. The van der Waals surface area contributed by atoms with E-state index in [-0.39, 0.29) is 17.0 Å². The number of benzene rings is 1. The maximum atomic E-state index is 13.3. The van der Waals surface area contributed by atoms with Crippen molar-refractivity contribution < 1.29 is 12.8 Å². The minimum absolute atomic E-state index is 0.0515. The largest absolute Gasteiger partial charge is 0.246 e. The molecule has 0 aromatic heterocycles. The fourth-order valence-electron chi connectivity index (χ4n) is 1.99. The zero-order valence-electron chi connectivity index (χ0n) is 9.71. The minimum atomic E-state index is -3.69. The average molecular weight is 268 g/mol. The lowest BCUT2D eigenvalue weighted by Crippen LogP contribution is -2.40. The van der Waals surface area contributed by atoms with Crippen molar-refractivity contribution in [2.75, 3.05) is 13.1 Å². The van der Waals surface area contributed by atoms with Gasteiger partial charge in [0.05, 0.1) is 16.5 Å². The van der Waals surface area contributed by atoms with Gasteiger partial charge >= 0.3 is 0 Å². The summed E-state index contributed by atoms with van der Waals surface area (Å²) in [6.45, 7) is 0.235. The van der Waals surface area contributed by atoms with Crippen molar-refractivity contribution in [2.45, 2.75) is 23.9 Å². The molecule has 0 bridgehead atoms. The highest BCUT2D eigenvalue weighted by molar-refractivity contribution is 7.89. The molecule has 1 fully saturated rings. The minimum Gasteiger partial charge on any atom is -0.246 e. The number of halogens is 1. The Hall–Kier alpha value is -1.45. The lowest BCUT2D eigenvalue weighted by molar-refractivity contribution is 0.203. The van der Waals surface area contributed by atoms with Gasteiger partial charge in [-0.05, 0) is 31.0 Å². The zero-order chi connectivity index (χ0) is 13.2. The average Bonchev–Trinajstić information content (AvgIpc) is 2.39. The van der Waals surface area contributed by atoms with Crippen LogP contribution in [0.5, 0.6) is 0 Å². The number of alkyl halides is 1. The van der Waals surface area contributed by atoms with Crippen LogP contribution in [0.4, 0.5) is 4.39 Å². The molecule has 1 aromatic carbocycles. The monoisotopic (exact) mass is 268 g/mol. The van der Waals surface area contributed by atoms with Gasteiger partial charge < -0.3 is 0 Å². The van der Waals surface area contributed by atoms with Gasteiger partial charge in [-0.2, -0.15) is 9.57 Å². The van der Waals surface area contributed by atoms with E-state index in [0.717, 1.165) is 4.31 Å². The molecule has 96 valence electrons. The van der Waals surface area contributed by atoms with Gasteiger partial charge in [-0.15, -0.1) is 0 Å². The molecule has 0 saturated carbocycles. The van der Waals surface area contributed by atoms with Gasteiger partial charge in [0, 0.05) is 13.1 Å². The first-order valence-corrected chi connectivity index (χ1v) is 7.12. The van der Waals surface area contributed by atoms with Crippen LogP contribution in [0.15, 0.2) is 29.2 Å². The van der Waals surface area contributed by atoms with Crippen LogP contribution in [0.3, 0.4) is 0 Å². The molecule has 1 saturated heterocycles. The molecule has 1 heterocycles. The molecule has 0 N–H and O–H groups in total. The number of sulfonamides is 1. The van der Waals surface area contributed by atoms with Gasteiger partial charge in [0.2, 0.25) is 10.0 Å². The SMILES string of the molecule is N#Cc1cccc(S(=O)(=O)N2CCC[C@@H](F)C2)c1. The Balaban J connectivity index is 2.33. The lowest BCUT2D eigenvalue weighted by atomic mass is 10.1. The number of nitriles is 1. The fourth-order valence-corrected chi connectivity index (χ4v) is 3.54. The van der Waals surface area contributed by atoms with E-state index in [2.05, 4.69) is 0 Å². The van der Waals surface area contributed by atoms with Crippen LogP contribution >= 0.6 is 0 Å². The van der Waals surface area contributed by atoms with Crippen molar-refractivity contribution in [2.24, 2.45) is 0 Å². The molecule has 18 heavy (non-hydrogen) atoms. The molecule has 1 aliphatic rings. The Bertz CT molecular complexity index is 580. The second-order valence-corrected chi connectivity index (χ2v) is 6.18. The fraction of sp³-hybridized carbons (Fsp3) is 0.417. The molecule has 0 radical (unpaired) electrons. The molecular weight excluding hydrogens is 255 g/mol. The van der Waals surface area contributed by atoms with E-state index in [1.165, 1.54) is 24.3 Å². The molecule has 0 amide bonds. The third-order valence-corrected chi connectivity index (χ3v) is 4.79. The Morgan fingerprint density at radius 1 is 1.44 bits per heavy atom. The van der Waals surface area contributed by atoms with Gasteiger partial charge in [0.25, 0.3) is 0 Å². The third-order valence-electron chi connectivity index (χ3n) is 2.93. The molecule has 2 rings (SSSR count). The van der Waals surface area contributed by atoms with Crippen LogP contribution in [0, 0.1) is 11.3 Å². The first kappa shape index (κ1) is 13.0. The zero-order valence-corrected chi connectivity index (χ0v) is 10.5. The summed E-state index contributed by atoms with van der Waals surface area (Å²) < 4.78 is 38.9. The van der Waals surface area contributed by atoms with Crippen molar-refractivity contribution in [1.29, 1.82) is 5.26 Å². The summed E-state index contributed by atoms with van der Waals surface area (Å²) in [5.74, 6) is 0. The van der Waals surface area contributed by atoms with Gasteiger partial charge in [0.1, 0.15) is 6.17 Å². The highest BCUT2D eigenvalue weighted by Gasteiger charge is 2.30. The molecule has 0 spiro atoms. The summed E-state index contributed by atoms with van der Waals surface area (Å²) in [5.41, 5.74) is 0.282. The number of hydrogen-bond donors (Lipinski definition) is 0. The van der Waals surface area contributed by atoms with Gasteiger partial charge in [0.15, 0.2) is 0 Å². The van der Waals surface area contributed by atoms with Crippen molar-refractivity contribution in [3.63, 3.8) is 0 Å². The van der Waals surface area contributed by atoms with Crippen molar-refractivity contribution in [3.05, 3.63) is 29.8 Å². The van der Waals surface area contributed by atoms with Crippen LogP contribution in [0.25, 0.3) is 0 Å². The maximum absolute atomic E-state index is 13.3. The number of rotatable bonds is 2. The second-order valence-electron chi connectivity index (χ2n) is 4.24. The number of piperidine rings is 1. The van der Waals surface area contributed by atoms with E-state index in [9.17, 15) is 12.8 Å². The van der Waals surface area contributed by atoms with Gasteiger partial charge in [-0.3, -0.25) is 0 Å². The molecule has 6 heteroatoms. The van der Waals surface area contributed by atoms with E-state index in [1.54, 1.807) is 0 Å². The number of hydrogen-bond acceptors (Lipinski definition) is 3. The van der Waals surface area contributed by atoms with Crippen LogP contribution in [-0.4, -0.2) is 32.0 Å². The van der Waals surface area contributed by atoms with E-state index in [0.29, 0.717) is 19.4 Å². The maximum Gasteiger partial charge on any atom is 0.243 e. The first-order valence-electron chi connectivity index (χ1n) is 5.68. The summed E-state index contributed by atoms with van der Waals surface area (Å²) in [6, 6.07) is 7.69. The van der Waals surface area contributed by atoms with E-state index in [4.69, 9.17) is 5.26 Å². The van der Waals surface area contributed by atoms with Gasteiger partial charge in [-0.25, -0.2) is 12.8 Å². The second kappa shape index (κ2) is 5.04. The predicted octanol–water partition coefficient (Wildman–Crippen LogP) is 1.68. The van der Waals surface area contributed by atoms with Crippen molar-refractivity contribution in [3.8, 4) is 6.07 Å².